The molecule has 1 amide bonds. The van der Waals surface area contributed by atoms with Gasteiger partial charge in [0.15, 0.2) is 0 Å². The molecule has 0 saturated heterocycles. The quantitative estimate of drug-likeness (QED) is 0.456. The highest BCUT2D eigenvalue weighted by Gasteiger charge is 2.17. The van der Waals surface area contributed by atoms with E-state index in [9.17, 15) is 9.90 Å². The van der Waals surface area contributed by atoms with Gasteiger partial charge < -0.3 is 16.2 Å². The lowest BCUT2D eigenvalue weighted by Gasteiger charge is -2.14. The maximum absolute atomic E-state index is 11.4. The van der Waals surface area contributed by atoms with Crippen LogP contribution >= 0.6 is 0 Å². The lowest BCUT2D eigenvalue weighted by atomic mass is 10.1. The maximum atomic E-state index is 11.4. The van der Waals surface area contributed by atoms with Gasteiger partial charge in [0, 0.05) is 6.54 Å². The summed E-state index contributed by atoms with van der Waals surface area (Å²) in [6.07, 6.45) is 12.0. The van der Waals surface area contributed by atoms with Gasteiger partial charge in [0.25, 0.3) is 0 Å². The third kappa shape index (κ3) is 11.2. The molecular formula is C16H34N2O2. The van der Waals surface area contributed by atoms with Crippen LogP contribution in [-0.4, -0.2) is 29.7 Å². The number of aliphatic hydroxyl groups is 1. The van der Waals surface area contributed by atoms with Gasteiger partial charge in [-0.1, -0.05) is 64.7 Å². The Morgan fingerprint density at radius 1 is 1.00 bits per heavy atom. The third-order valence-corrected chi connectivity index (χ3v) is 3.65. The van der Waals surface area contributed by atoms with Crippen LogP contribution in [0.5, 0.6) is 0 Å². The predicted molar refractivity (Wildman–Crippen MR) is 84.5 cm³/mol. The number of unbranched alkanes of at least 4 members (excludes halogenated alkanes) is 9. The summed E-state index contributed by atoms with van der Waals surface area (Å²) >= 11 is 0. The van der Waals surface area contributed by atoms with Crippen LogP contribution in [-0.2, 0) is 4.79 Å². The average molecular weight is 286 g/mol. The Hall–Kier alpha value is -0.610. The fraction of sp³-hybridized carbons (Fsp3) is 0.938. The van der Waals surface area contributed by atoms with Crippen LogP contribution < -0.4 is 11.1 Å². The number of hydrogen-bond acceptors (Lipinski definition) is 3. The van der Waals surface area contributed by atoms with E-state index in [4.69, 9.17) is 5.73 Å². The van der Waals surface area contributed by atoms with E-state index in [0.29, 0.717) is 6.54 Å². The molecular weight excluding hydrogens is 252 g/mol. The molecule has 120 valence electrons. The SMILES string of the molecule is CCCCCCCCCCCCNC(=O)C(N)C(C)O. The van der Waals surface area contributed by atoms with E-state index in [1.54, 1.807) is 0 Å². The van der Waals surface area contributed by atoms with Gasteiger partial charge in [0.1, 0.15) is 6.04 Å². The van der Waals surface area contributed by atoms with Crippen molar-refractivity contribution in [1.29, 1.82) is 0 Å². The van der Waals surface area contributed by atoms with Gasteiger partial charge in [-0.15, -0.1) is 0 Å². The van der Waals surface area contributed by atoms with E-state index in [1.807, 2.05) is 0 Å². The van der Waals surface area contributed by atoms with Crippen molar-refractivity contribution in [2.24, 2.45) is 5.73 Å². The van der Waals surface area contributed by atoms with Crippen LogP contribution in [0.15, 0.2) is 0 Å². The zero-order chi connectivity index (χ0) is 15.2. The van der Waals surface area contributed by atoms with Crippen molar-refractivity contribution in [1.82, 2.24) is 5.32 Å². The first-order chi connectivity index (χ1) is 9.59. The van der Waals surface area contributed by atoms with E-state index in [2.05, 4.69) is 12.2 Å². The molecule has 20 heavy (non-hydrogen) atoms. The monoisotopic (exact) mass is 286 g/mol. The molecule has 0 aromatic carbocycles. The Morgan fingerprint density at radius 2 is 1.45 bits per heavy atom. The second kappa shape index (κ2) is 13.4. The zero-order valence-corrected chi connectivity index (χ0v) is 13.4. The first kappa shape index (κ1) is 19.4. The molecule has 0 saturated carbocycles. The topological polar surface area (TPSA) is 75.4 Å². The van der Waals surface area contributed by atoms with E-state index in [-0.39, 0.29) is 5.91 Å². The molecule has 0 rings (SSSR count). The number of hydrogen-bond donors (Lipinski definition) is 3. The van der Waals surface area contributed by atoms with Gasteiger partial charge >= 0.3 is 0 Å². The number of amides is 1. The molecule has 0 spiro atoms. The second-order valence-electron chi connectivity index (χ2n) is 5.74. The van der Waals surface area contributed by atoms with Crippen LogP contribution in [0.2, 0.25) is 0 Å². The highest BCUT2D eigenvalue weighted by atomic mass is 16.3. The van der Waals surface area contributed by atoms with Gasteiger partial charge in [-0.25, -0.2) is 0 Å². The Balaban J connectivity index is 3.23. The zero-order valence-electron chi connectivity index (χ0n) is 13.4. The molecule has 0 aliphatic rings. The van der Waals surface area contributed by atoms with Crippen LogP contribution in [0.3, 0.4) is 0 Å². The molecule has 0 aromatic heterocycles. The average Bonchev–Trinajstić information content (AvgIpc) is 2.43. The molecule has 4 heteroatoms. The van der Waals surface area contributed by atoms with Crippen LogP contribution in [0.25, 0.3) is 0 Å². The van der Waals surface area contributed by atoms with Crippen molar-refractivity contribution in [2.75, 3.05) is 6.54 Å². The van der Waals surface area contributed by atoms with Crippen molar-refractivity contribution in [3.63, 3.8) is 0 Å². The summed E-state index contributed by atoms with van der Waals surface area (Å²) in [6.45, 7) is 4.44. The van der Waals surface area contributed by atoms with Gasteiger partial charge in [0.2, 0.25) is 5.91 Å². The molecule has 2 atom stereocenters. The Labute approximate surface area is 124 Å². The lowest BCUT2D eigenvalue weighted by molar-refractivity contribution is -0.124. The van der Waals surface area contributed by atoms with E-state index < -0.39 is 12.1 Å². The van der Waals surface area contributed by atoms with Crippen molar-refractivity contribution >= 4 is 5.91 Å². The molecule has 2 unspecified atom stereocenters. The summed E-state index contributed by atoms with van der Waals surface area (Å²) in [5, 5.41) is 11.9. The number of nitrogens with two attached hydrogens (primary N) is 1. The first-order valence-corrected chi connectivity index (χ1v) is 8.31. The number of carbonyl (C=O) groups excluding carboxylic acids is 1. The van der Waals surface area contributed by atoms with Crippen molar-refractivity contribution in [3.8, 4) is 0 Å². The highest BCUT2D eigenvalue weighted by Crippen LogP contribution is 2.10. The molecule has 0 heterocycles. The van der Waals surface area contributed by atoms with Crippen molar-refractivity contribution in [2.45, 2.75) is 90.2 Å². The molecule has 0 bridgehead atoms. The number of aliphatic hydroxyl groups excluding tert-OH is 1. The molecule has 4 nitrogen and oxygen atoms in total. The second-order valence-corrected chi connectivity index (χ2v) is 5.74. The number of carbonyl (C=O) groups is 1. The molecule has 0 radical (unpaired) electrons. The van der Waals surface area contributed by atoms with Crippen LogP contribution in [0, 0.1) is 0 Å². The smallest absolute Gasteiger partial charge is 0.239 e. The summed E-state index contributed by atoms with van der Waals surface area (Å²) in [7, 11) is 0. The first-order valence-electron chi connectivity index (χ1n) is 8.31. The van der Waals surface area contributed by atoms with E-state index >= 15 is 0 Å². The Bertz CT molecular complexity index is 233. The fourth-order valence-electron chi connectivity index (χ4n) is 2.16. The molecule has 0 aliphatic heterocycles. The lowest BCUT2D eigenvalue weighted by Crippen LogP contribution is -2.47. The highest BCUT2D eigenvalue weighted by molar-refractivity contribution is 5.81. The minimum Gasteiger partial charge on any atom is -0.391 e. The largest absolute Gasteiger partial charge is 0.391 e. The van der Waals surface area contributed by atoms with Gasteiger partial charge in [0.05, 0.1) is 6.10 Å². The Kier molecular flexibility index (Phi) is 13.0. The van der Waals surface area contributed by atoms with Crippen LogP contribution in [0.4, 0.5) is 0 Å². The molecule has 4 N–H and O–H groups in total. The Morgan fingerprint density at radius 3 is 1.90 bits per heavy atom. The van der Waals surface area contributed by atoms with Crippen molar-refractivity contribution in [3.05, 3.63) is 0 Å². The standard InChI is InChI=1S/C16H34N2O2/c1-3-4-5-6-7-8-9-10-11-12-13-18-16(20)15(17)14(2)19/h14-15,19H,3-13,17H2,1-2H3,(H,18,20). The minimum absolute atomic E-state index is 0.254. The van der Waals surface area contributed by atoms with Gasteiger partial charge in [-0.3, -0.25) is 4.79 Å². The summed E-state index contributed by atoms with van der Waals surface area (Å²) in [6, 6.07) is -0.807. The molecule has 0 fully saturated rings. The van der Waals surface area contributed by atoms with E-state index in [0.717, 1.165) is 12.8 Å². The normalized spacial score (nSPS) is 14.0. The number of rotatable bonds is 13. The summed E-state index contributed by atoms with van der Waals surface area (Å²) in [5.74, 6) is -0.254. The van der Waals surface area contributed by atoms with E-state index in [1.165, 1.54) is 58.3 Å². The summed E-state index contributed by atoms with van der Waals surface area (Å²) in [4.78, 5) is 11.4. The van der Waals surface area contributed by atoms with Crippen LogP contribution in [0.1, 0.15) is 78.1 Å². The minimum atomic E-state index is -0.807. The summed E-state index contributed by atoms with van der Waals surface area (Å²) in [5.41, 5.74) is 5.53. The fourth-order valence-corrected chi connectivity index (χ4v) is 2.16. The number of nitrogens with one attached hydrogen (secondary N) is 1. The van der Waals surface area contributed by atoms with Gasteiger partial charge in [-0.05, 0) is 13.3 Å². The van der Waals surface area contributed by atoms with Crippen molar-refractivity contribution < 1.29 is 9.90 Å². The molecule has 0 aromatic rings. The predicted octanol–water partition coefficient (Wildman–Crippen LogP) is 2.73. The maximum Gasteiger partial charge on any atom is 0.239 e. The molecule has 0 aliphatic carbocycles. The third-order valence-electron chi connectivity index (χ3n) is 3.65. The van der Waals surface area contributed by atoms with Gasteiger partial charge in [-0.2, -0.15) is 0 Å². The summed E-state index contributed by atoms with van der Waals surface area (Å²) < 4.78 is 0.